The molecule has 0 radical (unpaired) electrons. The number of carbonyl (C=O) groups excluding carboxylic acids is 1. The quantitative estimate of drug-likeness (QED) is 0.844. The van der Waals surface area contributed by atoms with Gasteiger partial charge in [0, 0.05) is 25.7 Å². The summed E-state index contributed by atoms with van der Waals surface area (Å²) in [7, 11) is 1.49. The summed E-state index contributed by atoms with van der Waals surface area (Å²) in [5.74, 6) is -6.08. The van der Waals surface area contributed by atoms with Gasteiger partial charge in [0.2, 0.25) is 0 Å². The molecule has 0 aliphatic carbocycles. The van der Waals surface area contributed by atoms with Gasteiger partial charge in [0.05, 0.1) is 22.9 Å². The number of amides is 1. The Hall–Kier alpha value is -2.78. The summed E-state index contributed by atoms with van der Waals surface area (Å²) in [6.45, 7) is -1.22. The Morgan fingerprint density at radius 3 is 2.52 bits per heavy atom. The normalized spacial score (nSPS) is 21.0. The standard InChI is InChI=1S/C15H14F3N3O4/c1-20-11-4-7(2-3-10(11)19-14(20)25)12(22)21-5-8(13(23)24)9(6-21)15(16,17)18/h2-4,8-9H,5-6H2,1H3,(H,19,25)(H,23,24)/t8-,9-/m1/s1. The van der Waals surface area contributed by atoms with Gasteiger partial charge in [-0.2, -0.15) is 13.2 Å². The maximum Gasteiger partial charge on any atom is 0.394 e. The molecule has 1 amide bonds. The van der Waals surface area contributed by atoms with Crippen molar-refractivity contribution < 1.29 is 27.9 Å². The second-order valence-electron chi connectivity index (χ2n) is 6.02. The van der Waals surface area contributed by atoms with Crippen LogP contribution in [0.3, 0.4) is 0 Å². The fourth-order valence-corrected chi connectivity index (χ4v) is 3.09. The number of likely N-dealkylation sites (tertiary alicyclic amines) is 1. The zero-order valence-corrected chi connectivity index (χ0v) is 13.0. The van der Waals surface area contributed by atoms with Gasteiger partial charge < -0.3 is 15.0 Å². The second kappa shape index (κ2) is 5.64. The van der Waals surface area contributed by atoms with Crippen molar-refractivity contribution >= 4 is 22.9 Å². The molecule has 2 N–H and O–H groups in total. The van der Waals surface area contributed by atoms with E-state index in [4.69, 9.17) is 5.11 Å². The number of carboxylic acids is 1. The number of fused-ring (bicyclic) bond motifs is 1. The Morgan fingerprint density at radius 1 is 1.28 bits per heavy atom. The number of nitrogens with zero attached hydrogens (tertiary/aromatic N) is 2. The molecule has 0 saturated carbocycles. The number of aliphatic carboxylic acids is 1. The predicted octanol–water partition coefficient (Wildman–Crippen LogP) is 1.20. The van der Waals surface area contributed by atoms with Crippen molar-refractivity contribution in [1.29, 1.82) is 0 Å². The molecule has 0 spiro atoms. The first-order valence-corrected chi connectivity index (χ1v) is 7.37. The van der Waals surface area contributed by atoms with Crippen molar-refractivity contribution in [3.63, 3.8) is 0 Å². The molecule has 1 saturated heterocycles. The van der Waals surface area contributed by atoms with Crippen molar-refractivity contribution in [2.75, 3.05) is 13.1 Å². The highest BCUT2D eigenvalue weighted by Gasteiger charge is 2.53. The van der Waals surface area contributed by atoms with E-state index in [0.717, 1.165) is 4.90 Å². The number of carboxylic acid groups (broad SMARTS) is 1. The number of alkyl halides is 3. The molecular formula is C15H14F3N3O4. The molecule has 2 aromatic rings. The number of carbonyl (C=O) groups is 2. The van der Waals surface area contributed by atoms with E-state index < -0.39 is 43.0 Å². The van der Waals surface area contributed by atoms with Crippen molar-refractivity contribution in [1.82, 2.24) is 14.5 Å². The molecular weight excluding hydrogens is 343 g/mol. The summed E-state index contributed by atoms with van der Waals surface area (Å²) in [4.78, 5) is 38.7. The van der Waals surface area contributed by atoms with Crippen LogP contribution >= 0.6 is 0 Å². The summed E-state index contributed by atoms with van der Waals surface area (Å²) in [6.07, 6.45) is -4.70. The van der Waals surface area contributed by atoms with Gasteiger partial charge in [0.1, 0.15) is 0 Å². The third-order valence-electron chi connectivity index (χ3n) is 4.50. The highest BCUT2D eigenvalue weighted by Crippen LogP contribution is 2.38. The van der Waals surface area contributed by atoms with E-state index in [1.807, 2.05) is 0 Å². The topological polar surface area (TPSA) is 95.4 Å². The Bertz CT molecular complexity index is 915. The van der Waals surface area contributed by atoms with E-state index >= 15 is 0 Å². The van der Waals surface area contributed by atoms with Crippen molar-refractivity contribution in [2.24, 2.45) is 18.9 Å². The summed E-state index contributed by atoms with van der Waals surface area (Å²) in [5.41, 5.74) is 0.622. The number of aryl methyl sites for hydroxylation is 1. The van der Waals surface area contributed by atoms with Gasteiger partial charge in [0.25, 0.3) is 5.91 Å². The smallest absolute Gasteiger partial charge is 0.394 e. The fourth-order valence-electron chi connectivity index (χ4n) is 3.09. The number of hydrogen-bond acceptors (Lipinski definition) is 3. The monoisotopic (exact) mass is 357 g/mol. The average Bonchev–Trinajstić information content (AvgIpc) is 3.09. The molecule has 2 atom stereocenters. The van der Waals surface area contributed by atoms with Crippen LogP contribution in [0.25, 0.3) is 11.0 Å². The number of hydrogen-bond donors (Lipinski definition) is 2. The summed E-state index contributed by atoms with van der Waals surface area (Å²) in [5, 5.41) is 9.02. The van der Waals surface area contributed by atoms with Crippen LogP contribution in [0.1, 0.15) is 10.4 Å². The van der Waals surface area contributed by atoms with Crippen LogP contribution in [0.15, 0.2) is 23.0 Å². The van der Waals surface area contributed by atoms with Crippen LogP contribution < -0.4 is 5.69 Å². The molecule has 2 heterocycles. The van der Waals surface area contributed by atoms with Crippen molar-refractivity contribution in [2.45, 2.75) is 6.18 Å². The van der Waals surface area contributed by atoms with E-state index in [1.54, 1.807) is 0 Å². The third-order valence-corrected chi connectivity index (χ3v) is 4.50. The molecule has 1 aliphatic heterocycles. The zero-order chi connectivity index (χ0) is 18.5. The first-order chi connectivity index (χ1) is 11.6. The van der Waals surface area contributed by atoms with Gasteiger partial charge in [-0.25, -0.2) is 4.79 Å². The minimum absolute atomic E-state index is 0.0917. The molecule has 134 valence electrons. The molecule has 1 aliphatic rings. The molecule has 0 unspecified atom stereocenters. The summed E-state index contributed by atoms with van der Waals surface area (Å²) in [6, 6.07) is 4.26. The van der Waals surface area contributed by atoms with Gasteiger partial charge in [-0.3, -0.25) is 14.2 Å². The average molecular weight is 357 g/mol. The van der Waals surface area contributed by atoms with Crippen molar-refractivity contribution in [3.05, 3.63) is 34.2 Å². The molecule has 7 nitrogen and oxygen atoms in total. The Morgan fingerprint density at radius 2 is 1.96 bits per heavy atom. The summed E-state index contributed by atoms with van der Waals surface area (Å²) < 4.78 is 40.4. The van der Waals surface area contributed by atoms with E-state index in [2.05, 4.69) is 4.98 Å². The van der Waals surface area contributed by atoms with Crippen LogP contribution in [-0.4, -0.2) is 50.7 Å². The first-order valence-electron chi connectivity index (χ1n) is 7.37. The number of imidazole rings is 1. The van der Waals surface area contributed by atoms with E-state index in [1.165, 1.54) is 29.8 Å². The summed E-state index contributed by atoms with van der Waals surface area (Å²) >= 11 is 0. The van der Waals surface area contributed by atoms with Gasteiger partial charge in [-0.1, -0.05) is 0 Å². The van der Waals surface area contributed by atoms with Gasteiger partial charge in [0.15, 0.2) is 0 Å². The highest BCUT2D eigenvalue weighted by molar-refractivity contribution is 5.98. The molecule has 0 bridgehead atoms. The van der Waals surface area contributed by atoms with Crippen LogP contribution in [0.4, 0.5) is 13.2 Å². The number of benzene rings is 1. The Labute approximate surface area is 138 Å². The molecule has 1 aromatic carbocycles. The second-order valence-corrected chi connectivity index (χ2v) is 6.02. The van der Waals surface area contributed by atoms with Crippen LogP contribution in [0.2, 0.25) is 0 Å². The van der Waals surface area contributed by atoms with Gasteiger partial charge in [-0.05, 0) is 18.2 Å². The molecule has 1 aromatic heterocycles. The zero-order valence-electron chi connectivity index (χ0n) is 13.0. The maximum absolute atomic E-state index is 13.0. The Kier molecular flexibility index (Phi) is 3.85. The van der Waals surface area contributed by atoms with Crippen LogP contribution in [0, 0.1) is 11.8 Å². The van der Waals surface area contributed by atoms with Gasteiger partial charge >= 0.3 is 17.8 Å². The minimum atomic E-state index is -4.70. The van der Waals surface area contributed by atoms with Crippen LogP contribution in [-0.2, 0) is 11.8 Å². The number of rotatable bonds is 2. The first kappa shape index (κ1) is 17.1. The van der Waals surface area contributed by atoms with Crippen LogP contribution in [0.5, 0.6) is 0 Å². The molecule has 25 heavy (non-hydrogen) atoms. The molecule has 1 fully saturated rings. The number of aromatic amines is 1. The minimum Gasteiger partial charge on any atom is -0.481 e. The number of halogens is 3. The SMILES string of the molecule is Cn1c(=O)[nH]c2ccc(C(=O)N3C[C@@H](C(F)(F)F)[C@H](C(=O)O)C3)cc21. The van der Waals surface area contributed by atoms with Crippen molar-refractivity contribution in [3.8, 4) is 0 Å². The lowest BCUT2D eigenvalue weighted by Gasteiger charge is -2.18. The lowest BCUT2D eigenvalue weighted by Crippen LogP contribution is -2.34. The van der Waals surface area contributed by atoms with E-state index in [-0.39, 0.29) is 11.3 Å². The molecule has 3 rings (SSSR count). The van der Waals surface area contributed by atoms with E-state index in [9.17, 15) is 27.6 Å². The number of H-pyrrole nitrogens is 1. The Balaban J connectivity index is 1.92. The third kappa shape index (κ3) is 2.87. The predicted molar refractivity (Wildman–Crippen MR) is 80.1 cm³/mol. The fraction of sp³-hybridized carbons (Fsp3) is 0.400. The van der Waals surface area contributed by atoms with E-state index in [0.29, 0.717) is 11.0 Å². The number of nitrogens with one attached hydrogen (secondary N) is 1. The van der Waals surface area contributed by atoms with Gasteiger partial charge in [-0.15, -0.1) is 0 Å². The number of aromatic nitrogens is 2. The maximum atomic E-state index is 13.0. The lowest BCUT2D eigenvalue weighted by molar-refractivity contribution is -0.187. The lowest BCUT2D eigenvalue weighted by atomic mass is 9.96. The highest BCUT2D eigenvalue weighted by atomic mass is 19.4. The molecule has 10 heteroatoms. The largest absolute Gasteiger partial charge is 0.481 e.